The minimum absolute atomic E-state index is 0.0274. The molecular formula is C28H34N2O2. The molecule has 4 aliphatic rings. The van der Waals surface area contributed by atoms with Gasteiger partial charge in [-0.2, -0.15) is 0 Å². The predicted molar refractivity (Wildman–Crippen MR) is 126 cm³/mol. The fourth-order valence-corrected chi connectivity index (χ4v) is 6.85. The molecule has 2 atom stereocenters. The Kier molecular flexibility index (Phi) is 4.67. The van der Waals surface area contributed by atoms with Crippen LogP contribution >= 0.6 is 0 Å². The molecule has 2 aromatic rings. The smallest absolute Gasteiger partial charge is 0.156 e. The highest BCUT2D eigenvalue weighted by molar-refractivity contribution is 5.50. The zero-order valence-electron chi connectivity index (χ0n) is 19.0. The van der Waals surface area contributed by atoms with E-state index in [4.69, 9.17) is 4.74 Å². The Morgan fingerprint density at radius 3 is 2.53 bits per heavy atom. The van der Waals surface area contributed by atoms with Crippen LogP contribution in [0.1, 0.15) is 66.7 Å². The van der Waals surface area contributed by atoms with Crippen LogP contribution in [0.25, 0.3) is 0 Å². The molecule has 1 aliphatic heterocycles. The van der Waals surface area contributed by atoms with Gasteiger partial charge in [-0.15, -0.1) is 0 Å². The van der Waals surface area contributed by atoms with E-state index in [0.717, 1.165) is 37.9 Å². The van der Waals surface area contributed by atoms with Crippen molar-refractivity contribution in [2.45, 2.75) is 75.3 Å². The minimum atomic E-state index is -0.648. The first-order valence-corrected chi connectivity index (χ1v) is 12.2. The van der Waals surface area contributed by atoms with Crippen molar-refractivity contribution in [3.8, 4) is 0 Å². The second-order valence-electron chi connectivity index (χ2n) is 10.4. The molecule has 1 saturated heterocycles. The number of hydrogen-bond donors (Lipinski definition) is 2. The van der Waals surface area contributed by atoms with E-state index in [-0.39, 0.29) is 5.41 Å². The molecule has 3 aliphatic carbocycles. The predicted octanol–water partition coefficient (Wildman–Crippen LogP) is 4.79. The topological polar surface area (TPSA) is 44.7 Å². The van der Waals surface area contributed by atoms with Crippen LogP contribution < -0.4 is 5.32 Å². The van der Waals surface area contributed by atoms with Gasteiger partial charge < -0.3 is 20.1 Å². The lowest BCUT2D eigenvalue weighted by Crippen LogP contribution is -2.58. The van der Waals surface area contributed by atoms with Gasteiger partial charge >= 0.3 is 0 Å². The van der Waals surface area contributed by atoms with Crippen molar-refractivity contribution in [2.24, 2.45) is 5.41 Å². The molecule has 32 heavy (non-hydrogen) atoms. The molecule has 3 fully saturated rings. The van der Waals surface area contributed by atoms with E-state index >= 15 is 0 Å². The van der Waals surface area contributed by atoms with Gasteiger partial charge in [0.2, 0.25) is 0 Å². The average molecular weight is 431 g/mol. The lowest BCUT2D eigenvalue weighted by Gasteiger charge is -2.49. The number of aliphatic hydroxyl groups is 1. The van der Waals surface area contributed by atoms with Crippen LogP contribution in [0.2, 0.25) is 0 Å². The van der Waals surface area contributed by atoms with E-state index in [0.29, 0.717) is 18.6 Å². The molecule has 6 rings (SSSR count). The van der Waals surface area contributed by atoms with E-state index in [1.165, 1.54) is 35.1 Å². The molecule has 2 aromatic carbocycles. The maximum Gasteiger partial charge on any atom is 0.156 e. The molecular weight excluding hydrogens is 396 g/mol. The van der Waals surface area contributed by atoms with Gasteiger partial charge in [-0.05, 0) is 73.1 Å². The molecule has 2 spiro atoms. The Labute approximate surface area is 191 Å². The molecule has 168 valence electrons. The van der Waals surface area contributed by atoms with E-state index in [2.05, 4.69) is 59.3 Å². The summed E-state index contributed by atoms with van der Waals surface area (Å²) in [5.74, 6) is 1.53. The Hall–Kier alpha value is -2.30. The summed E-state index contributed by atoms with van der Waals surface area (Å²) < 4.78 is 5.72. The summed E-state index contributed by atoms with van der Waals surface area (Å²) in [6.45, 7) is 5.04. The monoisotopic (exact) mass is 430 g/mol. The highest BCUT2D eigenvalue weighted by atomic mass is 16.5. The Morgan fingerprint density at radius 1 is 1.09 bits per heavy atom. The minimum Gasteiger partial charge on any atom is -0.381 e. The van der Waals surface area contributed by atoms with Gasteiger partial charge in [0, 0.05) is 19.1 Å². The fraction of sp³-hybridized carbons (Fsp3) is 0.500. The molecule has 4 nitrogen and oxygen atoms in total. The third kappa shape index (κ3) is 2.89. The second kappa shape index (κ2) is 7.36. The zero-order chi connectivity index (χ0) is 21.9. The quantitative estimate of drug-likeness (QED) is 0.732. The summed E-state index contributed by atoms with van der Waals surface area (Å²) in [7, 11) is 1.83. The lowest BCUT2D eigenvalue weighted by atomic mass is 9.61. The van der Waals surface area contributed by atoms with Crippen LogP contribution in [0.15, 0.2) is 60.9 Å². The van der Waals surface area contributed by atoms with Crippen molar-refractivity contribution in [1.29, 1.82) is 0 Å². The Morgan fingerprint density at radius 2 is 1.84 bits per heavy atom. The molecule has 2 N–H and O–H groups in total. The fourth-order valence-electron chi connectivity index (χ4n) is 6.85. The number of nitrogens with zero attached hydrogens (tertiary/aromatic N) is 1. The summed E-state index contributed by atoms with van der Waals surface area (Å²) in [6, 6.07) is 17.5. The highest BCUT2D eigenvalue weighted by Crippen LogP contribution is 2.62. The summed E-state index contributed by atoms with van der Waals surface area (Å²) >= 11 is 0. The molecule has 2 saturated carbocycles. The highest BCUT2D eigenvalue weighted by Gasteiger charge is 2.66. The van der Waals surface area contributed by atoms with Crippen LogP contribution in [0.4, 0.5) is 0 Å². The normalized spacial score (nSPS) is 33.7. The maximum absolute atomic E-state index is 12.1. The number of methoxy groups -OCH3 is 1. The van der Waals surface area contributed by atoms with Crippen molar-refractivity contribution < 1.29 is 9.84 Å². The van der Waals surface area contributed by atoms with Crippen LogP contribution in [0.3, 0.4) is 0 Å². The van der Waals surface area contributed by atoms with Gasteiger partial charge in [-0.25, -0.2) is 0 Å². The number of ether oxygens (including phenoxy) is 1. The van der Waals surface area contributed by atoms with Crippen LogP contribution in [0, 0.1) is 5.41 Å². The first-order chi connectivity index (χ1) is 15.6. The number of fused-ring (bicyclic) bond motifs is 3. The van der Waals surface area contributed by atoms with Crippen molar-refractivity contribution in [3.63, 3.8) is 0 Å². The standard InChI is InChI=1S/C28H34N2O2/c1-19-29-28(26(31)30(19)18-20-6-4-3-5-7-20)25-16-22(21-8-9-21)10-11-23(25)17-27(28)14-12-24(32-2)13-15-27/h3-7,10-11,16,21,24,26,29,31H,1,8-9,12-15,17-18H2,2H3/t24?,26?,27?,28-/m1/s1. The van der Waals surface area contributed by atoms with E-state index < -0.39 is 11.8 Å². The van der Waals surface area contributed by atoms with Gasteiger partial charge in [0.25, 0.3) is 0 Å². The molecule has 0 amide bonds. The van der Waals surface area contributed by atoms with E-state index in [1.807, 2.05) is 13.2 Å². The third-order valence-electron chi connectivity index (χ3n) is 8.76. The maximum atomic E-state index is 12.1. The van der Waals surface area contributed by atoms with E-state index in [9.17, 15) is 5.11 Å². The summed E-state index contributed by atoms with van der Waals surface area (Å²) in [5, 5.41) is 15.9. The van der Waals surface area contributed by atoms with Gasteiger partial charge in [-0.1, -0.05) is 55.1 Å². The molecule has 0 aromatic heterocycles. The third-order valence-corrected chi connectivity index (χ3v) is 8.76. The molecule has 4 heteroatoms. The second-order valence-corrected chi connectivity index (χ2v) is 10.4. The zero-order valence-corrected chi connectivity index (χ0v) is 19.0. The summed E-state index contributed by atoms with van der Waals surface area (Å²) in [4.78, 5) is 2.08. The molecule has 1 heterocycles. The largest absolute Gasteiger partial charge is 0.381 e. The Bertz CT molecular complexity index is 1020. The number of hydrogen-bond acceptors (Lipinski definition) is 4. The number of rotatable bonds is 4. The molecule has 1 unspecified atom stereocenters. The van der Waals surface area contributed by atoms with E-state index in [1.54, 1.807) is 0 Å². The average Bonchev–Trinajstić information content (AvgIpc) is 3.60. The number of aliphatic hydroxyl groups excluding tert-OH is 1. The Balaban J connectivity index is 1.43. The van der Waals surface area contributed by atoms with Crippen molar-refractivity contribution in [2.75, 3.05) is 7.11 Å². The first kappa shape index (κ1) is 20.3. The van der Waals surface area contributed by atoms with Crippen LogP contribution in [-0.2, 0) is 23.2 Å². The van der Waals surface area contributed by atoms with Crippen molar-refractivity contribution >= 4 is 0 Å². The number of nitrogens with one attached hydrogen (secondary N) is 1. The molecule has 0 bridgehead atoms. The van der Waals surface area contributed by atoms with Gasteiger partial charge in [0.15, 0.2) is 6.23 Å². The lowest BCUT2D eigenvalue weighted by molar-refractivity contribution is -0.0877. The van der Waals surface area contributed by atoms with Gasteiger partial charge in [-0.3, -0.25) is 0 Å². The molecule has 0 radical (unpaired) electrons. The van der Waals surface area contributed by atoms with Crippen molar-refractivity contribution in [1.82, 2.24) is 10.2 Å². The summed E-state index contributed by atoms with van der Waals surface area (Å²) in [6.07, 6.45) is 7.45. The van der Waals surface area contributed by atoms with Gasteiger partial charge in [0.05, 0.1) is 11.9 Å². The van der Waals surface area contributed by atoms with Gasteiger partial charge in [0.1, 0.15) is 5.54 Å². The number of benzene rings is 2. The van der Waals surface area contributed by atoms with Crippen molar-refractivity contribution in [3.05, 3.63) is 83.2 Å². The summed E-state index contributed by atoms with van der Waals surface area (Å²) in [5.41, 5.74) is 4.78. The SMILES string of the molecule is C=C1N[C@]2(c3cc(C4CC4)ccc3CC23CCC(OC)CC3)C(O)N1Cc1ccccc1. The first-order valence-electron chi connectivity index (χ1n) is 12.2. The van der Waals surface area contributed by atoms with Crippen LogP contribution in [-0.4, -0.2) is 29.4 Å². The van der Waals surface area contributed by atoms with Crippen LogP contribution in [0.5, 0.6) is 0 Å².